The molecule has 1 N–H and O–H groups in total. The number of fused-ring (bicyclic) bond motifs is 1. The maximum Gasteiger partial charge on any atom is 0.415 e. The summed E-state index contributed by atoms with van der Waals surface area (Å²) in [5.41, 5.74) is 0.958. The second kappa shape index (κ2) is 6.98. The molecule has 2 aliphatic rings. The van der Waals surface area contributed by atoms with Gasteiger partial charge in [0, 0.05) is 12.1 Å². The maximum atomic E-state index is 12.2. The number of carbonyl (C=O) groups excluding carboxylic acids is 2. The molecule has 2 atom stereocenters. The molecule has 0 aliphatic carbocycles. The lowest BCUT2D eigenvalue weighted by molar-refractivity contribution is -0.148. The zero-order chi connectivity index (χ0) is 14.8. The number of hydrogen-bond acceptors (Lipinski definition) is 5. The van der Waals surface area contributed by atoms with Crippen LogP contribution in [0.15, 0.2) is 24.3 Å². The molecule has 0 radical (unpaired) electrons. The average molecular weight is 327 g/mol. The Morgan fingerprint density at radius 2 is 2.18 bits per heavy atom. The predicted molar refractivity (Wildman–Crippen MR) is 82.0 cm³/mol. The van der Waals surface area contributed by atoms with Gasteiger partial charge in [-0.1, -0.05) is 18.2 Å². The third kappa shape index (κ3) is 3.03. The van der Waals surface area contributed by atoms with Gasteiger partial charge in [-0.05, 0) is 19.0 Å². The smallest absolute Gasteiger partial charge is 0.415 e. The van der Waals surface area contributed by atoms with E-state index in [4.69, 9.17) is 9.47 Å². The van der Waals surface area contributed by atoms with Crippen molar-refractivity contribution in [2.24, 2.45) is 5.92 Å². The van der Waals surface area contributed by atoms with Crippen molar-refractivity contribution in [3.8, 4) is 5.75 Å². The summed E-state index contributed by atoms with van der Waals surface area (Å²) < 4.78 is 10.2. The third-order valence-electron chi connectivity index (χ3n) is 4.09. The van der Waals surface area contributed by atoms with Crippen LogP contribution in [0.1, 0.15) is 12.0 Å². The normalized spacial score (nSPS) is 23.9. The van der Waals surface area contributed by atoms with E-state index in [1.54, 1.807) is 11.0 Å². The van der Waals surface area contributed by atoms with Gasteiger partial charge in [-0.3, -0.25) is 9.69 Å². The van der Waals surface area contributed by atoms with Crippen LogP contribution in [-0.4, -0.2) is 43.2 Å². The van der Waals surface area contributed by atoms with Crippen LogP contribution >= 0.6 is 12.4 Å². The van der Waals surface area contributed by atoms with E-state index in [0.29, 0.717) is 25.3 Å². The standard InChI is InChI=1S/C15H18N2O4.ClH/c1-20-14(18)11-8-16-7-6-12(11)17-9-10-4-2-3-5-13(10)21-15(17)19;/h2-5,11-12,16H,6-9H2,1H3;1H. The van der Waals surface area contributed by atoms with Gasteiger partial charge < -0.3 is 14.8 Å². The summed E-state index contributed by atoms with van der Waals surface area (Å²) in [7, 11) is 1.37. The second-order valence-electron chi connectivity index (χ2n) is 5.29. The lowest BCUT2D eigenvalue weighted by Gasteiger charge is -2.40. The monoisotopic (exact) mass is 326 g/mol. The molecule has 1 fully saturated rings. The second-order valence-corrected chi connectivity index (χ2v) is 5.29. The number of methoxy groups -OCH3 is 1. The van der Waals surface area contributed by atoms with Gasteiger partial charge in [0.1, 0.15) is 5.75 Å². The Bertz CT molecular complexity index is 566. The highest BCUT2D eigenvalue weighted by molar-refractivity contribution is 5.85. The lowest BCUT2D eigenvalue weighted by atomic mass is 9.91. The molecule has 2 aliphatic heterocycles. The van der Waals surface area contributed by atoms with E-state index < -0.39 is 6.09 Å². The van der Waals surface area contributed by atoms with Crippen molar-refractivity contribution in [2.45, 2.75) is 19.0 Å². The van der Waals surface area contributed by atoms with Crippen molar-refractivity contribution < 1.29 is 19.1 Å². The van der Waals surface area contributed by atoms with Crippen molar-refractivity contribution in [3.05, 3.63) is 29.8 Å². The minimum absolute atomic E-state index is 0. The van der Waals surface area contributed by atoms with Crippen LogP contribution in [0.3, 0.4) is 0 Å². The summed E-state index contributed by atoms with van der Waals surface area (Å²) in [5, 5.41) is 3.17. The van der Waals surface area contributed by atoms with E-state index >= 15 is 0 Å². The van der Waals surface area contributed by atoms with E-state index in [0.717, 1.165) is 12.1 Å². The number of benzene rings is 1. The molecule has 7 heteroatoms. The van der Waals surface area contributed by atoms with Crippen molar-refractivity contribution >= 4 is 24.5 Å². The fourth-order valence-corrected chi connectivity index (χ4v) is 3.00. The molecule has 2 heterocycles. The average Bonchev–Trinajstić information content (AvgIpc) is 2.53. The third-order valence-corrected chi connectivity index (χ3v) is 4.09. The van der Waals surface area contributed by atoms with Crippen molar-refractivity contribution in [1.29, 1.82) is 0 Å². The van der Waals surface area contributed by atoms with Gasteiger partial charge in [-0.25, -0.2) is 4.79 Å². The highest BCUT2D eigenvalue weighted by Crippen LogP contribution is 2.30. The number of amides is 1. The first kappa shape index (κ1) is 16.6. The Hall–Kier alpha value is -1.79. The fraction of sp³-hybridized carbons (Fsp3) is 0.467. The van der Waals surface area contributed by atoms with Crippen molar-refractivity contribution in [3.63, 3.8) is 0 Å². The van der Waals surface area contributed by atoms with Gasteiger partial charge in [0.15, 0.2) is 0 Å². The van der Waals surface area contributed by atoms with E-state index in [1.807, 2.05) is 18.2 Å². The molecule has 0 saturated carbocycles. The van der Waals surface area contributed by atoms with Gasteiger partial charge in [-0.15, -0.1) is 12.4 Å². The number of ether oxygens (including phenoxy) is 2. The number of para-hydroxylation sites is 1. The van der Waals surface area contributed by atoms with Gasteiger partial charge in [0.25, 0.3) is 0 Å². The molecule has 0 aromatic heterocycles. The molecule has 0 spiro atoms. The Morgan fingerprint density at radius 3 is 2.95 bits per heavy atom. The Labute approximate surface area is 135 Å². The van der Waals surface area contributed by atoms with Gasteiger partial charge in [0.05, 0.1) is 25.6 Å². The first-order valence-electron chi connectivity index (χ1n) is 7.05. The van der Waals surface area contributed by atoms with Gasteiger partial charge in [-0.2, -0.15) is 0 Å². The number of halogens is 1. The number of rotatable bonds is 2. The molecule has 1 aromatic rings. The molecule has 2 unspecified atom stereocenters. The van der Waals surface area contributed by atoms with Crippen LogP contribution < -0.4 is 10.1 Å². The van der Waals surface area contributed by atoms with Crippen LogP contribution in [0.25, 0.3) is 0 Å². The Kier molecular flexibility index (Phi) is 5.26. The van der Waals surface area contributed by atoms with Crippen LogP contribution in [0.4, 0.5) is 4.79 Å². The first-order chi connectivity index (χ1) is 10.2. The topological polar surface area (TPSA) is 67.9 Å². The largest absolute Gasteiger partial charge is 0.469 e. The quantitative estimate of drug-likeness (QED) is 0.836. The van der Waals surface area contributed by atoms with E-state index in [2.05, 4.69) is 5.32 Å². The van der Waals surface area contributed by atoms with Gasteiger partial charge >= 0.3 is 12.1 Å². The maximum absolute atomic E-state index is 12.2. The summed E-state index contributed by atoms with van der Waals surface area (Å²) >= 11 is 0. The van der Waals surface area contributed by atoms with E-state index in [9.17, 15) is 9.59 Å². The van der Waals surface area contributed by atoms with Crippen molar-refractivity contribution in [2.75, 3.05) is 20.2 Å². The zero-order valence-corrected chi connectivity index (χ0v) is 13.1. The van der Waals surface area contributed by atoms with Gasteiger partial charge in [0.2, 0.25) is 0 Å². The highest BCUT2D eigenvalue weighted by Gasteiger charge is 2.40. The molecule has 1 amide bonds. The Balaban J connectivity index is 0.00000176. The molecular weight excluding hydrogens is 308 g/mol. The molecule has 3 rings (SSSR count). The fourth-order valence-electron chi connectivity index (χ4n) is 3.00. The molecule has 1 saturated heterocycles. The minimum Gasteiger partial charge on any atom is -0.469 e. The minimum atomic E-state index is -0.394. The number of nitrogens with zero attached hydrogens (tertiary/aromatic N) is 1. The number of hydrogen-bond donors (Lipinski definition) is 1. The number of piperidine rings is 1. The van der Waals surface area contributed by atoms with E-state index in [1.165, 1.54) is 7.11 Å². The molecule has 1 aromatic carbocycles. The lowest BCUT2D eigenvalue weighted by Crippen LogP contribution is -2.55. The molecule has 0 bridgehead atoms. The summed E-state index contributed by atoms with van der Waals surface area (Å²) in [6, 6.07) is 7.27. The molecule has 22 heavy (non-hydrogen) atoms. The van der Waals surface area contributed by atoms with Crippen LogP contribution in [0.2, 0.25) is 0 Å². The summed E-state index contributed by atoms with van der Waals surface area (Å²) in [6.07, 6.45) is 0.311. The predicted octanol–water partition coefficient (Wildman–Crippen LogP) is 1.57. The number of nitrogens with one attached hydrogen (secondary N) is 1. The molecule has 120 valence electrons. The molecule has 6 nitrogen and oxygen atoms in total. The first-order valence-corrected chi connectivity index (χ1v) is 7.05. The zero-order valence-electron chi connectivity index (χ0n) is 12.3. The van der Waals surface area contributed by atoms with Crippen LogP contribution in [-0.2, 0) is 16.1 Å². The molecular formula is C15H19ClN2O4. The summed E-state index contributed by atoms with van der Waals surface area (Å²) in [6.45, 7) is 1.75. The summed E-state index contributed by atoms with van der Waals surface area (Å²) in [4.78, 5) is 25.8. The Morgan fingerprint density at radius 1 is 1.41 bits per heavy atom. The van der Waals surface area contributed by atoms with Crippen LogP contribution in [0, 0.1) is 5.92 Å². The SMILES string of the molecule is COC(=O)C1CNCCC1N1Cc2ccccc2OC1=O.Cl. The number of carbonyl (C=O) groups is 2. The van der Waals surface area contributed by atoms with Crippen molar-refractivity contribution in [1.82, 2.24) is 10.2 Å². The highest BCUT2D eigenvalue weighted by atomic mass is 35.5. The number of esters is 1. The van der Waals surface area contributed by atoms with Crippen LogP contribution in [0.5, 0.6) is 5.75 Å². The summed E-state index contributed by atoms with van der Waals surface area (Å²) in [5.74, 6) is -0.0530. The van der Waals surface area contributed by atoms with E-state index in [-0.39, 0.29) is 30.3 Å².